The van der Waals surface area contributed by atoms with Gasteiger partial charge < -0.3 is 20.5 Å². The van der Waals surface area contributed by atoms with Gasteiger partial charge in [-0.3, -0.25) is 4.79 Å². The van der Waals surface area contributed by atoms with Crippen molar-refractivity contribution < 1.29 is 14.3 Å². The molecule has 1 aliphatic carbocycles. The molecule has 1 aliphatic rings. The Morgan fingerprint density at radius 1 is 1.37 bits per heavy atom. The van der Waals surface area contributed by atoms with Crippen molar-refractivity contribution in [2.45, 2.75) is 31.8 Å². The van der Waals surface area contributed by atoms with Gasteiger partial charge in [0.05, 0.1) is 19.8 Å². The average Bonchev–Trinajstić information content (AvgIpc) is 3.15. The van der Waals surface area contributed by atoms with E-state index in [0.717, 1.165) is 35.5 Å². The second-order valence-electron chi connectivity index (χ2n) is 4.92. The van der Waals surface area contributed by atoms with Crippen LogP contribution in [0.2, 0.25) is 0 Å². The molecule has 19 heavy (non-hydrogen) atoms. The summed E-state index contributed by atoms with van der Waals surface area (Å²) in [4.78, 5) is 11.8. The summed E-state index contributed by atoms with van der Waals surface area (Å²) in [6, 6.07) is 3.76. The number of rotatable bonds is 5. The van der Waals surface area contributed by atoms with E-state index in [1.807, 2.05) is 19.1 Å². The first-order chi connectivity index (χ1) is 9.01. The van der Waals surface area contributed by atoms with Gasteiger partial charge in [-0.25, -0.2) is 0 Å². The Bertz CT molecular complexity index is 496. The molecule has 3 N–H and O–H groups in total. The van der Waals surface area contributed by atoms with Crippen molar-refractivity contribution in [2.75, 3.05) is 14.2 Å². The third kappa shape index (κ3) is 2.66. The van der Waals surface area contributed by atoms with E-state index in [-0.39, 0.29) is 5.91 Å². The molecule has 2 rings (SSSR count). The number of benzene rings is 1. The molecular formula is C14H20N2O3. The number of hydrogen-bond acceptors (Lipinski definition) is 4. The van der Waals surface area contributed by atoms with Crippen molar-refractivity contribution in [1.82, 2.24) is 5.32 Å². The van der Waals surface area contributed by atoms with Crippen LogP contribution in [0.3, 0.4) is 0 Å². The van der Waals surface area contributed by atoms with Crippen LogP contribution in [-0.4, -0.2) is 25.7 Å². The fourth-order valence-electron chi connectivity index (χ4n) is 2.09. The van der Waals surface area contributed by atoms with Crippen LogP contribution in [0, 0.1) is 6.92 Å². The van der Waals surface area contributed by atoms with Gasteiger partial charge in [0.15, 0.2) is 0 Å². The molecule has 1 aromatic rings. The van der Waals surface area contributed by atoms with Crippen LogP contribution in [0.15, 0.2) is 12.1 Å². The molecule has 0 saturated heterocycles. The zero-order valence-corrected chi connectivity index (χ0v) is 11.6. The van der Waals surface area contributed by atoms with Crippen LogP contribution in [-0.2, 0) is 11.3 Å². The number of nitrogens with one attached hydrogen (secondary N) is 1. The van der Waals surface area contributed by atoms with E-state index in [4.69, 9.17) is 15.2 Å². The van der Waals surface area contributed by atoms with Gasteiger partial charge in [-0.15, -0.1) is 0 Å². The van der Waals surface area contributed by atoms with Crippen molar-refractivity contribution in [1.29, 1.82) is 0 Å². The number of methoxy groups -OCH3 is 2. The Kier molecular flexibility index (Phi) is 3.66. The Balaban J connectivity index is 2.11. The van der Waals surface area contributed by atoms with E-state index in [1.54, 1.807) is 14.2 Å². The number of hydrogen-bond donors (Lipinski definition) is 2. The first kappa shape index (κ1) is 13.7. The number of ether oxygens (including phenoxy) is 2. The Morgan fingerprint density at radius 2 is 2.05 bits per heavy atom. The second-order valence-corrected chi connectivity index (χ2v) is 4.92. The van der Waals surface area contributed by atoms with Gasteiger partial charge in [-0.2, -0.15) is 0 Å². The summed E-state index contributed by atoms with van der Waals surface area (Å²) in [7, 11) is 3.23. The maximum absolute atomic E-state index is 11.8. The molecule has 0 heterocycles. The van der Waals surface area contributed by atoms with E-state index in [9.17, 15) is 4.79 Å². The summed E-state index contributed by atoms with van der Waals surface area (Å²) in [6.45, 7) is 2.33. The average molecular weight is 264 g/mol. The molecule has 0 spiro atoms. The summed E-state index contributed by atoms with van der Waals surface area (Å²) in [5, 5.41) is 2.86. The molecule has 1 amide bonds. The summed E-state index contributed by atoms with van der Waals surface area (Å²) in [5.74, 6) is 1.41. The first-order valence-corrected chi connectivity index (χ1v) is 6.29. The largest absolute Gasteiger partial charge is 0.496 e. The smallest absolute Gasteiger partial charge is 0.240 e. The zero-order chi connectivity index (χ0) is 14.0. The van der Waals surface area contributed by atoms with Crippen LogP contribution in [0.5, 0.6) is 11.5 Å². The predicted molar refractivity (Wildman–Crippen MR) is 72.3 cm³/mol. The summed E-state index contributed by atoms with van der Waals surface area (Å²) in [5.41, 5.74) is 7.03. The van der Waals surface area contributed by atoms with Crippen LogP contribution in [0.4, 0.5) is 0 Å². The van der Waals surface area contributed by atoms with E-state index in [1.165, 1.54) is 0 Å². The van der Waals surface area contributed by atoms with Crippen molar-refractivity contribution >= 4 is 5.91 Å². The Hall–Kier alpha value is -1.75. The Morgan fingerprint density at radius 3 is 2.58 bits per heavy atom. The zero-order valence-electron chi connectivity index (χ0n) is 11.6. The molecule has 0 unspecified atom stereocenters. The van der Waals surface area contributed by atoms with Crippen molar-refractivity contribution in [2.24, 2.45) is 5.73 Å². The third-order valence-corrected chi connectivity index (χ3v) is 3.54. The topological polar surface area (TPSA) is 73.6 Å². The fourth-order valence-corrected chi connectivity index (χ4v) is 2.09. The monoisotopic (exact) mass is 264 g/mol. The van der Waals surface area contributed by atoms with E-state index >= 15 is 0 Å². The highest BCUT2D eigenvalue weighted by atomic mass is 16.5. The van der Waals surface area contributed by atoms with Crippen molar-refractivity contribution in [3.63, 3.8) is 0 Å². The number of carbonyl (C=O) groups is 1. The quantitative estimate of drug-likeness (QED) is 0.836. The van der Waals surface area contributed by atoms with Gasteiger partial charge in [0.2, 0.25) is 5.91 Å². The lowest BCUT2D eigenvalue weighted by atomic mass is 10.1. The SMILES string of the molecule is COc1ccc(CNC(=O)C2(N)CC2)c(OC)c1C. The lowest BCUT2D eigenvalue weighted by Crippen LogP contribution is -2.42. The van der Waals surface area contributed by atoms with E-state index in [0.29, 0.717) is 6.54 Å². The maximum atomic E-state index is 11.8. The van der Waals surface area contributed by atoms with Gasteiger partial charge in [0.25, 0.3) is 0 Å². The number of nitrogens with two attached hydrogens (primary N) is 1. The molecule has 104 valence electrons. The van der Waals surface area contributed by atoms with Gasteiger partial charge in [0.1, 0.15) is 11.5 Å². The molecule has 0 atom stereocenters. The molecule has 0 aromatic heterocycles. The molecule has 0 bridgehead atoms. The first-order valence-electron chi connectivity index (χ1n) is 6.29. The van der Waals surface area contributed by atoms with Gasteiger partial charge >= 0.3 is 0 Å². The molecule has 1 aromatic carbocycles. The van der Waals surface area contributed by atoms with Crippen LogP contribution in [0.25, 0.3) is 0 Å². The second kappa shape index (κ2) is 5.09. The fraction of sp³-hybridized carbons (Fsp3) is 0.500. The molecular weight excluding hydrogens is 244 g/mol. The summed E-state index contributed by atoms with van der Waals surface area (Å²) < 4.78 is 10.6. The molecule has 0 radical (unpaired) electrons. The molecule has 5 heteroatoms. The Labute approximate surface area is 113 Å². The molecule has 5 nitrogen and oxygen atoms in total. The number of amides is 1. The summed E-state index contributed by atoms with van der Waals surface area (Å²) >= 11 is 0. The lowest BCUT2D eigenvalue weighted by molar-refractivity contribution is -0.123. The maximum Gasteiger partial charge on any atom is 0.240 e. The standard InChI is InChI=1S/C14H20N2O3/c1-9-11(18-2)5-4-10(12(9)19-3)8-16-13(17)14(15)6-7-14/h4-5H,6-8,15H2,1-3H3,(H,16,17). The van der Waals surface area contributed by atoms with Crippen molar-refractivity contribution in [3.8, 4) is 11.5 Å². The minimum Gasteiger partial charge on any atom is -0.496 e. The van der Waals surface area contributed by atoms with Gasteiger partial charge in [-0.05, 0) is 31.9 Å². The van der Waals surface area contributed by atoms with Crippen LogP contribution >= 0.6 is 0 Å². The molecule has 0 aliphatic heterocycles. The van der Waals surface area contributed by atoms with E-state index in [2.05, 4.69) is 5.32 Å². The highest BCUT2D eigenvalue weighted by molar-refractivity contribution is 5.88. The van der Waals surface area contributed by atoms with Gasteiger partial charge in [0, 0.05) is 17.7 Å². The predicted octanol–water partition coefficient (Wildman–Crippen LogP) is 1.12. The highest BCUT2D eigenvalue weighted by Gasteiger charge is 2.45. The number of carbonyl (C=O) groups excluding carboxylic acids is 1. The summed E-state index contributed by atoms with van der Waals surface area (Å²) in [6.07, 6.45) is 1.52. The minimum absolute atomic E-state index is 0.0944. The highest BCUT2D eigenvalue weighted by Crippen LogP contribution is 2.33. The van der Waals surface area contributed by atoms with E-state index < -0.39 is 5.54 Å². The minimum atomic E-state index is -0.644. The lowest BCUT2D eigenvalue weighted by Gasteiger charge is -2.16. The molecule has 1 fully saturated rings. The van der Waals surface area contributed by atoms with Crippen molar-refractivity contribution in [3.05, 3.63) is 23.3 Å². The normalized spacial score (nSPS) is 15.8. The molecule has 1 saturated carbocycles. The van der Waals surface area contributed by atoms with Gasteiger partial charge in [-0.1, -0.05) is 0 Å². The third-order valence-electron chi connectivity index (χ3n) is 3.54. The van der Waals surface area contributed by atoms with Crippen LogP contribution < -0.4 is 20.5 Å². The van der Waals surface area contributed by atoms with Crippen LogP contribution in [0.1, 0.15) is 24.0 Å².